The summed E-state index contributed by atoms with van der Waals surface area (Å²) in [6, 6.07) is 10.9. The second-order valence-corrected chi connectivity index (χ2v) is 7.31. The van der Waals surface area contributed by atoms with Crippen molar-refractivity contribution >= 4 is 17.5 Å². The molecule has 6 nitrogen and oxygen atoms in total. The van der Waals surface area contributed by atoms with Crippen LogP contribution in [0.25, 0.3) is 0 Å². The molecule has 1 aliphatic rings. The van der Waals surface area contributed by atoms with Crippen LogP contribution >= 0.6 is 0 Å². The van der Waals surface area contributed by atoms with E-state index in [2.05, 4.69) is 24.5 Å². The fourth-order valence-electron chi connectivity index (χ4n) is 3.20. The fourth-order valence-corrected chi connectivity index (χ4v) is 3.20. The van der Waals surface area contributed by atoms with E-state index in [0.29, 0.717) is 30.2 Å². The summed E-state index contributed by atoms with van der Waals surface area (Å²) >= 11 is 0. The van der Waals surface area contributed by atoms with Gasteiger partial charge in [0.25, 0.3) is 5.91 Å². The van der Waals surface area contributed by atoms with E-state index in [1.54, 1.807) is 12.1 Å². The Bertz CT molecular complexity index is 892. The zero-order valence-corrected chi connectivity index (χ0v) is 16.7. The number of amides is 2. The van der Waals surface area contributed by atoms with E-state index in [-0.39, 0.29) is 23.8 Å². The quantitative estimate of drug-likeness (QED) is 0.823. The summed E-state index contributed by atoms with van der Waals surface area (Å²) in [5.41, 5.74) is 3.00. The third-order valence-corrected chi connectivity index (χ3v) is 4.69. The third kappa shape index (κ3) is 4.44. The Hall–Kier alpha value is -3.02. The van der Waals surface area contributed by atoms with Crippen molar-refractivity contribution in [2.75, 3.05) is 18.5 Å². The summed E-state index contributed by atoms with van der Waals surface area (Å²) in [6.07, 6.45) is 0. The lowest BCUT2D eigenvalue weighted by Gasteiger charge is -2.25. The van der Waals surface area contributed by atoms with Gasteiger partial charge in [-0.05, 0) is 48.2 Å². The Labute approximate surface area is 165 Å². The van der Waals surface area contributed by atoms with Crippen molar-refractivity contribution in [3.05, 3.63) is 53.1 Å². The van der Waals surface area contributed by atoms with Gasteiger partial charge in [0.1, 0.15) is 13.2 Å². The zero-order valence-electron chi connectivity index (χ0n) is 16.7. The molecule has 28 heavy (non-hydrogen) atoms. The van der Waals surface area contributed by atoms with Crippen molar-refractivity contribution in [2.45, 2.75) is 33.7 Å². The summed E-state index contributed by atoms with van der Waals surface area (Å²) in [5, 5.41) is 5.87. The molecule has 0 saturated carbocycles. The van der Waals surface area contributed by atoms with E-state index in [0.717, 1.165) is 16.9 Å². The lowest BCUT2D eigenvalue weighted by molar-refractivity contribution is -0.114. The van der Waals surface area contributed by atoms with Gasteiger partial charge in [-0.2, -0.15) is 0 Å². The molecule has 2 aromatic rings. The van der Waals surface area contributed by atoms with E-state index in [9.17, 15) is 9.59 Å². The number of carbonyl (C=O) groups is 2. The van der Waals surface area contributed by atoms with Gasteiger partial charge in [-0.15, -0.1) is 0 Å². The minimum atomic E-state index is -0.194. The first kappa shape index (κ1) is 19.7. The molecule has 2 aromatic carbocycles. The van der Waals surface area contributed by atoms with Crippen LogP contribution in [-0.4, -0.2) is 25.0 Å². The number of carbonyl (C=O) groups excluding carboxylic acids is 2. The van der Waals surface area contributed by atoms with Crippen molar-refractivity contribution in [1.82, 2.24) is 5.32 Å². The topological polar surface area (TPSA) is 76.7 Å². The molecule has 3 rings (SSSR count). The number of nitrogens with one attached hydrogen (secondary N) is 2. The Morgan fingerprint density at radius 3 is 2.39 bits per heavy atom. The van der Waals surface area contributed by atoms with E-state index < -0.39 is 0 Å². The molecule has 1 heterocycles. The summed E-state index contributed by atoms with van der Waals surface area (Å²) in [6.45, 7) is 8.51. The van der Waals surface area contributed by atoms with E-state index in [1.807, 2.05) is 31.2 Å². The van der Waals surface area contributed by atoms with Crippen LogP contribution in [0.2, 0.25) is 0 Å². The molecular weight excluding hydrogens is 356 g/mol. The molecule has 0 fully saturated rings. The first-order chi connectivity index (χ1) is 13.3. The lowest BCUT2D eigenvalue weighted by atomic mass is 9.95. The number of anilines is 1. The van der Waals surface area contributed by atoms with Gasteiger partial charge in [-0.3, -0.25) is 9.59 Å². The van der Waals surface area contributed by atoms with Gasteiger partial charge in [0.05, 0.1) is 6.04 Å². The predicted molar refractivity (Wildman–Crippen MR) is 108 cm³/mol. The van der Waals surface area contributed by atoms with Gasteiger partial charge in [-0.25, -0.2) is 0 Å². The monoisotopic (exact) mass is 382 g/mol. The molecule has 0 radical (unpaired) electrons. The van der Waals surface area contributed by atoms with Crippen LogP contribution in [0.5, 0.6) is 11.5 Å². The zero-order chi connectivity index (χ0) is 20.3. The maximum absolute atomic E-state index is 12.9. The summed E-state index contributed by atoms with van der Waals surface area (Å²) in [5.74, 6) is 1.23. The number of ether oxygens (including phenoxy) is 2. The predicted octanol–water partition coefficient (Wildman–Crippen LogP) is 3.85. The van der Waals surface area contributed by atoms with Crippen LogP contribution < -0.4 is 20.1 Å². The number of rotatable bonds is 5. The van der Waals surface area contributed by atoms with Crippen molar-refractivity contribution in [1.29, 1.82) is 0 Å². The van der Waals surface area contributed by atoms with Crippen molar-refractivity contribution in [2.24, 2.45) is 5.92 Å². The minimum absolute atomic E-state index is 0.169. The average Bonchev–Trinajstić information content (AvgIpc) is 2.66. The molecule has 0 spiro atoms. The molecule has 1 unspecified atom stereocenters. The van der Waals surface area contributed by atoms with Crippen molar-refractivity contribution in [3.63, 3.8) is 0 Å². The molecule has 0 aromatic heterocycles. The first-order valence-corrected chi connectivity index (χ1v) is 9.44. The van der Waals surface area contributed by atoms with Crippen LogP contribution in [0.15, 0.2) is 36.4 Å². The Morgan fingerprint density at radius 1 is 1.00 bits per heavy atom. The van der Waals surface area contributed by atoms with Crippen molar-refractivity contribution in [3.8, 4) is 11.5 Å². The van der Waals surface area contributed by atoms with Crippen molar-refractivity contribution < 1.29 is 19.1 Å². The number of fused-ring (bicyclic) bond motifs is 1. The standard InChI is InChI=1S/C22H26N2O4/c1-13(2)21(16-7-8-19-20(12-16)28-10-9-27-19)24-22(26)17-6-5-14(3)18(11-17)23-15(4)25/h5-8,11-13,21H,9-10H2,1-4H3,(H,23,25)(H,24,26). The highest BCUT2D eigenvalue weighted by Gasteiger charge is 2.22. The Morgan fingerprint density at radius 2 is 1.71 bits per heavy atom. The van der Waals surface area contributed by atoms with E-state index >= 15 is 0 Å². The summed E-state index contributed by atoms with van der Waals surface area (Å²) < 4.78 is 11.2. The van der Waals surface area contributed by atoms with E-state index in [1.165, 1.54) is 6.92 Å². The highest BCUT2D eigenvalue weighted by molar-refractivity contribution is 5.97. The summed E-state index contributed by atoms with van der Waals surface area (Å²) in [7, 11) is 0. The smallest absolute Gasteiger partial charge is 0.251 e. The molecule has 2 N–H and O–H groups in total. The van der Waals surface area contributed by atoms with Gasteiger partial charge >= 0.3 is 0 Å². The number of hydrogen-bond acceptors (Lipinski definition) is 4. The highest BCUT2D eigenvalue weighted by atomic mass is 16.6. The number of hydrogen-bond donors (Lipinski definition) is 2. The van der Waals surface area contributed by atoms with Gasteiger partial charge in [0, 0.05) is 18.2 Å². The average molecular weight is 382 g/mol. The van der Waals surface area contributed by atoms with Crippen LogP contribution in [0.4, 0.5) is 5.69 Å². The van der Waals surface area contributed by atoms with Crippen LogP contribution in [0, 0.1) is 12.8 Å². The third-order valence-electron chi connectivity index (χ3n) is 4.69. The van der Waals surface area contributed by atoms with Crippen LogP contribution in [0.1, 0.15) is 48.3 Å². The van der Waals surface area contributed by atoms with Gasteiger partial charge in [0.15, 0.2) is 11.5 Å². The molecule has 1 atom stereocenters. The number of aryl methyl sites for hydroxylation is 1. The number of benzene rings is 2. The molecule has 0 saturated heterocycles. The fraction of sp³-hybridized carbons (Fsp3) is 0.364. The van der Waals surface area contributed by atoms with Crippen LogP contribution in [-0.2, 0) is 4.79 Å². The summed E-state index contributed by atoms with van der Waals surface area (Å²) in [4.78, 5) is 24.3. The van der Waals surface area contributed by atoms with Gasteiger partial charge in [0.2, 0.25) is 5.91 Å². The second kappa shape index (κ2) is 8.33. The normalized spacial score (nSPS) is 13.8. The van der Waals surface area contributed by atoms with Gasteiger partial charge < -0.3 is 20.1 Å². The molecule has 0 aliphatic carbocycles. The lowest BCUT2D eigenvalue weighted by Crippen LogP contribution is -2.32. The highest BCUT2D eigenvalue weighted by Crippen LogP contribution is 2.34. The molecular formula is C22H26N2O4. The maximum atomic E-state index is 12.9. The Kier molecular flexibility index (Phi) is 5.87. The first-order valence-electron chi connectivity index (χ1n) is 9.44. The molecule has 0 bridgehead atoms. The van der Waals surface area contributed by atoms with Crippen LogP contribution in [0.3, 0.4) is 0 Å². The molecule has 1 aliphatic heterocycles. The Balaban J connectivity index is 1.83. The SMILES string of the molecule is CC(=O)Nc1cc(C(=O)NC(c2ccc3c(c2)OCCO3)C(C)C)ccc1C. The second-order valence-electron chi connectivity index (χ2n) is 7.31. The van der Waals surface area contributed by atoms with E-state index in [4.69, 9.17) is 9.47 Å². The molecule has 2 amide bonds. The molecule has 6 heteroatoms. The minimum Gasteiger partial charge on any atom is -0.486 e. The van der Waals surface area contributed by atoms with Gasteiger partial charge in [-0.1, -0.05) is 26.0 Å². The maximum Gasteiger partial charge on any atom is 0.251 e. The molecule has 148 valence electrons. The largest absolute Gasteiger partial charge is 0.486 e.